The van der Waals surface area contributed by atoms with Gasteiger partial charge in [0.25, 0.3) is 5.91 Å². The predicted octanol–water partition coefficient (Wildman–Crippen LogP) is 2.37. The van der Waals surface area contributed by atoms with Gasteiger partial charge < -0.3 is 10.2 Å². The van der Waals surface area contributed by atoms with Crippen LogP contribution in [0.3, 0.4) is 0 Å². The minimum Gasteiger partial charge on any atom is -0.337 e. The first-order valence-electron chi connectivity index (χ1n) is 8.63. The fourth-order valence-corrected chi connectivity index (χ4v) is 3.39. The lowest BCUT2D eigenvalue weighted by molar-refractivity contribution is 0.0698. The van der Waals surface area contributed by atoms with Crippen LogP contribution < -0.4 is 5.32 Å². The van der Waals surface area contributed by atoms with Crippen LogP contribution in [0.15, 0.2) is 30.3 Å². The SMILES string of the molecule is CNC1CCCN(C(=O)c2cccc(Cn3nc(C)cc3C)c2)C1. The maximum Gasteiger partial charge on any atom is 0.253 e. The van der Waals surface area contributed by atoms with Crippen molar-refractivity contribution >= 4 is 5.91 Å². The molecule has 1 unspecified atom stereocenters. The number of aromatic nitrogens is 2. The third-order valence-electron chi connectivity index (χ3n) is 4.73. The standard InChI is InChI=1S/C19H26N4O/c1-14-10-15(2)23(21-14)12-16-6-4-7-17(11-16)19(24)22-9-5-8-18(13-22)20-3/h4,6-7,10-11,18,20H,5,8-9,12-13H2,1-3H3. The lowest BCUT2D eigenvalue weighted by atomic mass is 10.0. The van der Waals surface area contributed by atoms with Crippen LogP contribution in [0, 0.1) is 13.8 Å². The summed E-state index contributed by atoms with van der Waals surface area (Å²) in [6, 6.07) is 10.4. The second-order valence-electron chi connectivity index (χ2n) is 6.66. The van der Waals surface area contributed by atoms with Crippen molar-refractivity contribution in [1.29, 1.82) is 0 Å². The number of nitrogens with one attached hydrogen (secondary N) is 1. The molecule has 0 radical (unpaired) electrons. The predicted molar refractivity (Wildman–Crippen MR) is 95.2 cm³/mol. The van der Waals surface area contributed by atoms with Gasteiger partial charge in [0.1, 0.15) is 0 Å². The summed E-state index contributed by atoms with van der Waals surface area (Å²) in [6.45, 7) is 6.38. The van der Waals surface area contributed by atoms with Crippen LogP contribution in [0.25, 0.3) is 0 Å². The van der Waals surface area contributed by atoms with Crippen LogP contribution in [0.5, 0.6) is 0 Å². The summed E-state index contributed by atoms with van der Waals surface area (Å²) >= 11 is 0. The Morgan fingerprint density at radius 2 is 2.17 bits per heavy atom. The van der Waals surface area contributed by atoms with E-state index in [1.165, 1.54) is 0 Å². The fraction of sp³-hybridized carbons (Fsp3) is 0.474. The lowest BCUT2D eigenvalue weighted by Crippen LogP contribution is -2.46. The van der Waals surface area contributed by atoms with Crippen molar-refractivity contribution in [3.63, 3.8) is 0 Å². The van der Waals surface area contributed by atoms with Gasteiger partial charge >= 0.3 is 0 Å². The smallest absolute Gasteiger partial charge is 0.253 e. The molecule has 0 aliphatic carbocycles. The molecule has 1 saturated heterocycles. The van der Waals surface area contributed by atoms with Crippen LogP contribution >= 0.6 is 0 Å². The Bertz CT molecular complexity index is 722. The highest BCUT2D eigenvalue weighted by Crippen LogP contribution is 2.16. The summed E-state index contributed by atoms with van der Waals surface area (Å²) in [4.78, 5) is 14.8. The van der Waals surface area contributed by atoms with E-state index in [0.29, 0.717) is 12.6 Å². The second-order valence-corrected chi connectivity index (χ2v) is 6.66. The fourth-order valence-electron chi connectivity index (χ4n) is 3.39. The maximum absolute atomic E-state index is 12.8. The number of carbonyl (C=O) groups excluding carboxylic acids is 1. The zero-order valence-electron chi connectivity index (χ0n) is 14.7. The van der Waals surface area contributed by atoms with Gasteiger partial charge in [0, 0.05) is 30.4 Å². The van der Waals surface area contributed by atoms with Crippen molar-refractivity contribution in [3.05, 3.63) is 52.8 Å². The van der Waals surface area contributed by atoms with E-state index >= 15 is 0 Å². The van der Waals surface area contributed by atoms with Gasteiger partial charge in [0.2, 0.25) is 0 Å². The molecule has 24 heavy (non-hydrogen) atoms. The summed E-state index contributed by atoms with van der Waals surface area (Å²) < 4.78 is 1.98. The summed E-state index contributed by atoms with van der Waals surface area (Å²) in [5.74, 6) is 0.130. The van der Waals surface area contributed by atoms with Crippen LogP contribution in [-0.4, -0.2) is 46.8 Å². The van der Waals surface area contributed by atoms with Gasteiger partial charge in [-0.05, 0) is 57.5 Å². The lowest BCUT2D eigenvalue weighted by Gasteiger charge is -2.32. The summed E-state index contributed by atoms with van der Waals surface area (Å²) in [5.41, 5.74) is 4.03. The largest absolute Gasteiger partial charge is 0.337 e. The summed E-state index contributed by atoms with van der Waals surface area (Å²) in [6.07, 6.45) is 2.20. The Labute approximate surface area is 143 Å². The van der Waals surface area contributed by atoms with Crippen molar-refractivity contribution in [2.45, 2.75) is 39.3 Å². The van der Waals surface area contributed by atoms with E-state index in [0.717, 1.165) is 48.4 Å². The molecule has 1 fully saturated rings. The van der Waals surface area contributed by atoms with E-state index in [1.807, 2.05) is 41.8 Å². The normalized spacial score (nSPS) is 18.0. The van der Waals surface area contributed by atoms with Crippen molar-refractivity contribution in [2.24, 2.45) is 0 Å². The van der Waals surface area contributed by atoms with Gasteiger partial charge in [-0.15, -0.1) is 0 Å². The molecule has 1 aliphatic rings. The molecule has 0 bridgehead atoms. The van der Waals surface area contributed by atoms with Gasteiger partial charge in [-0.1, -0.05) is 12.1 Å². The van der Waals surface area contributed by atoms with E-state index in [2.05, 4.69) is 29.5 Å². The first-order chi connectivity index (χ1) is 11.6. The first-order valence-corrected chi connectivity index (χ1v) is 8.63. The molecule has 5 nitrogen and oxygen atoms in total. The van der Waals surface area contributed by atoms with Crippen LogP contribution in [-0.2, 0) is 6.54 Å². The third-order valence-corrected chi connectivity index (χ3v) is 4.73. The number of benzene rings is 1. The number of rotatable bonds is 4. The zero-order valence-corrected chi connectivity index (χ0v) is 14.7. The molecule has 0 saturated carbocycles. The summed E-state index contributed by atoms with van der Waals surface area (Å²) in [7, 11) is 1.97. The average molecular weight is 326 g/mol. The van der Waals surface area contributed by atoms with E-state index in [4.69, 9.17) is 0 Å². The highest BCUT2D eigenvalue weighted by Gasteiger charge is 2.23. The third kappa shape index (κ3) is 3.67. The number of likely N-dealkylation sites (tertiary alicyclic amines) is 1. The van der Waals surface area contributed by atoms with E-state index in [9.17, 15) is 4.79 Å². The summed E-state index contributed by atoms with van der Waals surface area (Å²) in [5, 5.41) is 7.79. The first kappa shape index (κ1) is 16.7. The maximum atomic E-state index is 12.8. The molecule has 1 N–H and O–H groups in total. The Morgan fingerprint density at radius 3 is 2.88 bits per heavy atom. The zero-order chi connectivity index (χ0) is 17.1. The van der Waals surface area contributed by atoms with Gasteiger partial charge in [-0.25, -0.2) is 0 Å². The molecule has 0 spiro atoms. The van der Waals surface area contributed by atoms with Crippen molar-refractivity contribution in [1.82, 2.24) is 20.0 Å². The van der Waals surface area contributed by atoms with E-state index in [1.54, 1.807) is 0 Å². The molecular weight excluding hydrogens is 300 g/mol. The van der Waals surface area contributed by atoms with Gasteiger partial charge in [-0.3, -0.25) is 9.48 Å². The molecule has 2 aromatic rings. The average Bonchev–Trinajstić information content (AvgIpc) is 2.91. The molecule has 1 aromatic carbocycles. The van der Waals surface area contributed by atoms with Crippen LogP contribution in [0.1, 0.15) is 40.2 Å². The Balaban J connectivity index is 1.75. The number of nitrogens with zero attached hydrogens (tertiary/aromatic N) is 3. The van der Waals surface area contributed by atoms with Crippen molar-refractivity contribution in [3.8, 4) is 0 Å². The highest BCUT2D eigenvalue weighted by molar-refractivity contribution is 5.94. The Kier molecular flexibility index (Phi) is 5.00. The van der Waals surface area contributed by atoms with E-state index < -0.39 is 0 Å². The number of piperidine rings is 1. The minimum atomic E-state index is 0.130. The van der Waals surface area contributed by atoms with Gasteiger partial charge in [-0.2, -0.15) is 5.10 Å². The van der Waals surface area contributed by atoms with Gasteiger partial charge in [0.15, 0.2) is 0 Å². The highest BCUT2D eigenvalue weighted by atomic mass is 16.2. The van der Waals surface area contributed by atoms with Crippen LogP contribution in [0.2, 0.25) is 0 Å². The molecule has 1 aliphatic heterocycles. The number of hydrogen-bond acceptors (Lipinski definition) is 3. The second kappa shape index (κ2) is 7.18. The monoisotopic (exact) mass is 326 g/mol. The Hall–Kier alpha value is -2.14. The number of hydrogen-bond donors (Lipinski definition) is 1. The number of amides is 1. The van der Waals surface area contributed by atoms with Crippen molar-refractivity contribution in [2.75, 3.05) is 20.1 Å². The Morgan fingerprint density at radius 1 is 1.33 bits per heavy atom. The number of carbonyl (C=O) groups is 1. The molecule has 1 amide bonds. The molecule has 2 heterocycles. The molecule has 1 aromatic heterocycles. The molecule has 5 heteroatoms. The quantitative estimate of drug-likeness (QED) is 0.938. The minimum absolute atomic E-state index is 0.130. The van der Waals surface area contributed by atoms with Crippen molar-refractivity contribution < 1.29 is 4.79 Å². The molecular formula is C19H26N4O. The van der Waals surface area contributed by atoms with Gasteiger partial charge in [0.05, 0.1) is 12.2 Å². The molecule has 1 atom stereocenters. The molecule has 3 rings (SSSR count). The number of likely N-dealkylation sites (N-methyl/N-ethyl adjacent to an activating group) is 1. The topological polar surface area (TPSA) is 50.2 Å². The van der Waals surface area contributed by atoms with E-state index in [-0.39, 0.29) is 5.91 Å². The van der Waals surface area contributed by atoms with Crippen LogP contribution in [0.4, 0.5) is 0 Å². The molecule has 128 valence electrons. The number of aryl methyl sites for hydroxylation is 2.